The van der Waals surface area contributed by atoms with Crippen LogP contribution in [0.15, 0.2) is 30.3 Å². The van der Waals surface area contributed by atoms with Gasteiger partial charge in [0.2, 0.25) is 0 Å². The van der Waals surface area contributed by atoms with E-state index in [1.54, 1.807) is 0 Å². The third kappa shape index (κ3) is 1.66. The van der Waals surface area contributed by atoms with Crippen molar-refractivity contribution >= 4 is 0 Å². The van der Waals surface area contributed by atoms with Crippen LogP contribution >= 0.6 is 0 Å². The van der Waals surface area contributed by atoms with E-state index >= 15 is 0 Å². The Balaban J connectivity index is 2.16. The molecule has 1 fully saturated rings. The maximum atomic E-state index is 9.42. The number of hydrogen-bond donors (Lipinski definition) is 1. The number of rotatable bonds is 0. The van der Waals surface area contributed by atoms with Crippen molar-refractivity contribution < 1.29 is 5.11 Å². The summed E-state index contributed by atoms with van der Waals surface area (Å²) >= 11 is 0. The molecule has 0 heterocycles. The third-order valence-electron chi connectivity index (χ3n) is 1.94. The van der Waals surface area contributed by atoms with Gasteiger partial charge in [0.15, 0.2) is 0 Å². The number of aliphatic hydroxyl groups is 1. The largest absolute Gasteiger partial charge is 0.378 e. The molecule has 1 heteroatoms. The van der Waals surface area contributed by atoms with E-state index in [0.29, 0.717) is 0 Å². The van der Waals surface area contributed by atoms with Gasteiger partial charge in [-0.3, -0.25) is 0 Å². The fraction of sp³-hybridized carbons (Fsp3) is 0.273. The van der Waals surface area contributed by atoms with Crippen molar-refractivity contribution in [1.29, 1.82) is 0 Å². The molecular weight excluding hydrogens is 148 g/mol. The highest BCUT2D eigenvalue weighted by Crippen LogP contribution is 2.33. The van der Waals surface area contributed by atoms with Crippen LogP contribution in [0, 0.1) is 11.8 Å². The molecule has 2 rings (SSSR count). The lowest BCUT2D eigenvalue weighted by Crippen LogP contribution is -2.00. The molecule has 1 aromatic rings. The number of benzene rings is 1. The Morgan fingerprint density at radius 2 is 1.83 bits per heavy atom. The smallest absolute Gasteiger partial charge is 0.126 e. The maximum absolute atomic E-state index is 9.42. The lowest BCUT2D eigenvalue weighted by Gasteiger charge is -1.92. The molecule has 0 aliphatic heterocycles. The summed E-state index contributed by atoms with van der Waals surface area (Å²) < 4.78 is 0. The highest BCUT2D eigenvalue weighted by atomic mass is 16.3. The summed E-state index contributed by atoms with van der Waals surface area (Å²) in [5, 5.41) is 9.42. The first-order valence-electron chi connectivity index (χ1n) is 4.09. The van der Waals surface area contributed by atoms with Crippen LogP contribution in [0.1, 0.15) is 18.4 Å². The monoisotopic (exact) mass is 158 g/mol. The van der Waals surface area contributed by atoms with Crippen LogP contribution in [-0.2, 0) is 0 Å². The van der Waals surface area contributed by atoms with E-state index in [-0.39, 0.29) is 0 Å². The average Bonchev–Trinajstić information content (AvgIpc) is 2.84. The summed E-state index contributed by atoms with van der Waals surface area (Å²) in [5.41, 5.74) is 0.313. The second-order valence-electron chi connectivity index (χ2n) is 3.15. The van der Waals surface area contributed by atoms with E-state index in [1.807, 2.05) is 30.3 Å². The van der Waals surface area contributed by atoms with E-state index < -0.39 is 5.60 Å². The molecule has 1 aromatic carbocycles. The van der Waals surface area contributed by atoms with E-state index in [2.05, 4.69) is 11.8 Å². The molecule has 1 nitrogen and oxygen atoms in total. The minimum absolute atomic E-state index is 0.657. The van der Waals surface area contributed by atoms with Crippen LogP contribution in [-0.4, -0.2) is 10.7 Å². The lowest BCUT2D eigenvalue weighted by atomic mass is 10.2. The summed E-state index contributed by atoms with van der Waals surface area (Å²) in [5.74, 6) is 5.80. The Bertz CT molecular complexity index is 325. The standard InChI is InChI=1S/C11H10O/c12-11(8-9-11)7-6-10-4-2-1-3-5-10/h1-5,12H,8-9H2. The topological polar surface area (TPSA) is 20.2 Å². The van der Waals surface area contributed by atoms with Gasteiger partial charge in [-0.25, -0.2) is 0 Å². The quantitative estimate of drug-likeness (QED) is 0.568. The summed E-state index contributed by atoms with van der Waals surface area (Å²) in [7, 11) is 0. The summed E-state index contributed by atoms with van der Waals surface area (Å²) in [4.78, 5) is 0. The van der Waals surface area contributed by atoms with Gasteiger partial charge in [-0.2, -0.15) is 0 Å². The van der Waals surface area contributed by atoms with Gasteiger partial charge in [-0.15, -0.1) is 0 Å². The van der Waals surface area contributed by atoms with Gasteiger partial charge in [0.25, 0.3) is 0 Å². The minimum atomic E-state index is -0.657. The van der Waals surface area contributed by atoms with Crippen molar-refractivity contribution in [2.75, 3.05) is 0 Å². The predicted octanol–water partition coefficient (Wildman–Crippen LogP) is 1.56. The molecule has 0 saturated heterocycles. The SMILES string of the molecule is OC1(C#Cc2ccccc2)CC1. The third-order valence-corrected chi connectivity index (χ3v) is 1.94. The van der Waals surface area contributed by atoms with E-state index in [4.69, 9.17) is 0 Å². The highest BCUT2D eigenvalue weighted by molar-refractivity contribution is 5.37. The normalized spacial score (nSPS) is 17.8. The van der Waals surface area contributed by atoms with Crippen molar-refractivity contribution in [1.82, 2.24) is 0 Å². The maximum Gasteiger partial charge on any atom is 0.126 e. The molecule has 0 spiro atoms. The van der Waals surface area contributed by atoms with Crippen LogP contribution in [0.2, 0.25) is 0 Å². The highest BCUT2D eigenvalue weighted by Gasteiger charge is 2.38. The van der Waals surface area contributed by atoms with Gasteiger partial charge in [-0.1, -0.05) is 30.0 Å². The summed E-state index contributed by atoms with van der Waals surface area (Å²) in [6.07, 6.45) is 1.65. The second kappa shape index (κ2) is 2.66. The molecule has 0 radical (unpaired) electrons. The molecule has 0 aromatic heterocycles. The zero-order valence-corrected chi connectivity index (χ0v) is 6.75. The van der Waals surface area contributed by atoms with E-state index in [0.717, 1.165) is 18.4 Å². The van der Waals surface area contributed by atoms with Crippen LogP contribution in [0.3, 0.4) is 0 Å². The minimum Gasteiger partial charge on any atom is -0.378 e. The molecule has 1 aliphatic rings. The Morgan fingerprint density at radius 3 is 2.42 bits per heavy atom. The van der Waals surface area contributed by atoms with Gasteiger partial charge in [-0.05, 0) is 25.0 Å². The van der Waals surface area contributed by atoms with Crippen molar-refractivity contribution in [3.05, 3.63) is 35.9 Å². The first kappa shape index (κ1) is 7.39. The van der Waals surface area contributed by atoms with Crippen LogP contribution in [0.5, 0.6) is 0 Å². The Hall–Kier alpha value is -1.26. The molecule has 0 atom stereocenters. The molecule has 1 aliphatic carbocycles. The van der Waals surface area contributed by atoms with E-state index in [1.165, 1.54) is 0 Å². The van der Waals surface area contributed by atoms with Gasteiger partial charge in [0, 0.05) is 5.56 Å². The Kier molecular flexibility index (Phi) is 1.64. The van der Waals surface area contributed by atoms with Crippen molar-refractivity contribution in [2.24, 2.45) is 0 Å². The van der Waals surface area contributed by atoms with Crippen molar-refractivity contribution in [3.63, 3.8) is 0 Å². The average molecular weight is 158 g/mol. The summed E-state index contributed by atoms with van der Waals surface area (Å²) in [6.45, 7) is 0. The fourth-order valence-corrected chi connectivity index (χ4v) is 0.953. The zero-order valence-electron chi connectivity index (χ0n) is 6.75. The Labute approximate surface area is 72.0 Å². The predicted molar refractivity (Wildman–Crippen MR) is 47.5 cm³/mol. The van der Waals surface area contributed by atoms with Gasteiger partial charge < -0.3 is 5.11 Å². The van der Waals surface area contributed by atoms with Crippen LogP contribution in [0.4, 0.5) is 0 Å². The van der Waals surface area contributed by atoms with E-state index in [9.17, 15) is 5.11 Å². The van der Waals surface area contributed by atoms with Crippen molar-refractivity contribution in [2.45, 2.75) is 18.4 Å². The molecule has 12 heavy (non-hydrogen) atoms. The molecule has 1 N–H and O–H groups in total. The first-order valence-corrected chi connectivity index (χ1v) is 4.09. The molecule has 1 saturated carbocycles. The second-order valence-corrected chi connectivity index (χ2v) is 3.15. The van der Waals surface area contributed by atoms with Gasteiger partial charge in [0.05, 0.1) is 0 Å². The fourth-order valence-electron chi connectivity index (χ4n) is 0.953. The Morgan fingerprint density at radius 1 is 1.17 bits per heavy atom. The van der Waals surface area contributed by atoms with Crippen LogP contribution in [0.25, 0.3) is 0 Å². The molecular formula is C11H10O. The molecule has 0 amide bonds. The number of hydrogen-bond acceptors (Lipinski definition) is 1. The molecule has 0 bridgehead atoms. The van der Waals surface area contributed by atoms with Gasteiger partial charge >= 0.3 is 0 Å². The zero-order chi connectivity index (χ0) is 8.44. The van der Waals surface area contributed by atoms with Crippen molar-refractivity contribution in [3.8, 4) is 11.8 Å². The van der Waals surface area contributed by atoms with Gasteiger partial charge in [0.1, 0.15) is 5.60 Å². The lowest BCUT2D eigenvalue weighted by molar-refractivity contribution is 0.212. The first-order chi connectivity index (χ1) is 5.79. The molecule has 60 valence electrons. The summed E-state index contributed by atoms with van der Waals surface area (Å²) in [6, 6.07) is 9.73. The molecule has 0 unspecified atom stereocenters. The van der Waals surface area contributed by atoms with Crippen LogP contribution < -0.4 is 0 Å².